The van der Waals surface area contributed by atoms with Crippen LogP contribution < -0.4 is 21.3 Å². The summed E-state index contributed by atoms with van der Waals surface area (Å²) in [5, 5.41) is 22.5. The van der Waals surface area contributed by atoms with E-state index in [1.807, 2.05) is 12.1 Å². The Morgan fingerprint density at radius 3 is 2.81 bits per heavy atom. The summed E-state index contributed by atoms with van der Waals surface area (Å²) in [6.45, 7) is 3.15. The fourth-order valence-corrected chi connectivity index (χ4v) is 4.33. The third kappa shape index (κ3) is 5.76. The maximum atomic E-state index is 12.7. The Labute approximate surface area is 209 Å². The number of nitrogens with zero attached hydrogens (tertiary/aromatic N) is 4. The van der Waals surface area contributed by atoms with Crippen molar-refractivity contribution >= 4 is 23.4 Å². The van der Waals surface area contributed by atoms with E-state index in [-0.39, 0.29) is 18.0 Å². The van der Waals surface area contributed by atoms with Crippen LogP contribution >= 0.6 is 0 Å². The van der Waals surface area contributed by atoms with Crippen LogP contribution in [0.4, 0.5) is 17.5 Å². The first-order valence-corrected chi connectivity index (χ1v) is 12.1. The van der Waals surface area contributed by atoms with Crippen molar-refractivity contribution in [3.05, 3.63) is 59.9 Å². The van der Waals surface area contributed by atoms with Gasteiger partial charge in [0.05, 0.1) is 23.9 Å². The number of hydrogen-bond donors (Lipinski definition) is 4. The quantitative estimate of drug-likeness (QED) is 0.399. The first kappa shape index (κ1) is 23.7. The van der Waals surface area contributed by atoms with Crippen molar-refractivity contribution < 1.29 is 9.53 Å². The summed E-state index contributed by atoms with van der Waals surface area (Å²) in [5.74, 6) is 0.837. The van der Waals surface area contributed by atoms with Crippen LogP contribution in [-0.4, -0.2) is 59.2 Å². The molecule has 1 aromatic carbocycles. The average molecular weight is 485 g/mol. The van der Waals surface area contributed by atoms with Gasteiger partial charge in [-0.05, 0) is 62.7 Å². The SMILES string of the molecule is N#Cc1cc(-c2ccnc(Nc3cccc(C(=O)NC4CCNCC4)c3)n2)cnc1N[C@@H]1CCOC1. The van der Waals surface area contributed by atoms with E-state index in [4.69, 9.17) is 4.74 Å². The zero-order valence-corrected chi connectivity index (χ0v) is 19.8. The van der Waals surface area contributed by atoms with Gasteiger partial charge in [-0.15, -0.1) is 0 Å². The minimum atomic E-state index is -0.0896. The Morgan fingerprint density at radius 1 is 1.11 bits per heavy atom. The van der Waals surface area contributed by atoms with Gasteiger partial charge in [0.15, 0.2) is 0 Å². The summed E-state index contributed by atoms with van der Waals surface area (Å²) in [5.41, 5.74) is 3.07. The molecule has 1 amide bonds. The van der Waals surface area contributed by atoms with Crippen molar-refractivity contribution in [2.45, 2.75) is 31.3 Å². The van der Waals surface area contributed by atoms with Crippen LogP contribution in [0.3, 0.4) is 0 Å². The molecule has 3 aromatic rings. The molecule has 184 valence electrons. The van der Waals surface area contributed by atoms with E-state index < -0.39 is 0 Å². The lowest BCUT2D eigenvalue weighted by Gasteiger charge is -2.23. The van der Waals surface area contributed by atoms with Gasteiger partial charge < -0.3 is 26.0 Å². The van der Waals surface area contributed by atoms with Crippen molar-refractivity contribution in [2.24, 2.45) is 0 Å². The highest BCUT2D eigenvalue weighted by Crippen LogP contribution is 2.24. The van der Waals surface area contributed by atoms with Gasteiger partial charge in [-0.2, -0.15) is 5.26 Å². The molecule has 5 rings (SSSR count). The van der Waals surface area contributed by atoms with E-state index in [0.717, 1.165) is 32.4 Å². The number of carbonyl (C=O) groups is 1. The van der Waals surface area contributed by atoms with Gasteiger partial charge in [0.2, 0.25) is 5.95 Å². The second-order valence-corrected chi connectivity index (χ2v) is 8.91. The van der Waals surface area contributed by atoms with Crippen LogP contribution in [0.1, 0.15) is 35.2 Å². The minimum Gasteiger partial charge on any atom is -0.379 e. The number of anilines is 3. The molecular formula is C26H28N8O2. The highest BCUT2D eigenvalue weighted by molar-refractivity contribution is 5.95. The maximum absolute atomic E-state index is 12.7. The average Bonchev–Trinajstić information content (AvgIpc) is 3.43. The van der Waals surface area contributed by atoms with Crippen LogP contribution in [0.5, 0.6) is 0 Å². The predicted molar refractivity (Wildman–Crippen MR) is 136 cm³/mol. The number of pyridine rings is 1. The molecule has 4 heterocycles. The number of nitrogens with one attached hydrogen (secondary N) is 4. The van der Waals surface area contributed by atoms with Crippen LogP contribution in [0, 0.1) is 11.3 Å². The van der Waals surface area contributed by atoms with E-state index in [1.54, 1.807) is 36.7 Å². The number of carbonyl (C=O) groups excluding carboxylic acids is 1. The van der Waals surface area contributed by atoms with Gasteiger partial charge in [0.1, 0.15) is 11.9 Å². The number of hydrogen-bond acceptors (Lipinski definition) is 9. The Balaban J connectivity index is 1.29. The third-order valence-corrected chi connectivity index (χ3v) is 6.29. The number of aromatic nitrogens is 3. The Hall–Kier alpha value is -4.07. The molecule has 2 aliphatic heterocycles. The molecule has 0 radical (unpaired) electrons. The summed E-state index contributed by atoms with van der Waals surface area (Å²) in [7, 11) is 0. The lowest BCUT2D eigenvalue weighted by atomic mass is 10.1. The zero-order chi connectivity index (χ0) is 24.7. The van der Waals surface area contributed by atoms with Crippen molar-refractivity contribution in [3.8, 4) is 17.3 Å². The monoisotopic (exact) mass is 484 g/mol. The molecule has 2 aliphatic rings. The molecule has 0 saturated carbocycles. The van der Waals surface area contributed by atoms with Crippen LogP contribution in [0.2, 0.25) is 0 Å². The third-order valence-electron chi connectivity index (χ3n) is 6.29. The molecule has 10 nitrogen and oxygen atoms in total. The van der Waals surface area contributed by atoms with Crippen molar-refractivity contribution in [3.63, 3.8) is 0 Å². The van der Waals surface area contributed by atoms with Gasteiger partial charge >= 0.3 is 0 Å². The summed E-state index contributed by atoms with van der Waals surface area (Å²) >= 11 is 0. The van der Waals surface area contributed by atoms with Gasteiger partial charge in [-0.1, -0.05) is 6.07 Å². The molecule has 0 bridgehead atoms. The summed E-state index contributed by atoms with van der Waals surface area (Å²) in [6.07, 6.45) is 6.08. The van der Waals surface area contributed by atoms with Crippen LogP contribution in [0.15, 0.2) is 48.8 Å². The lowest BCUT2D eigenvalue weighted by Crippen LogP contribution is -2.42. The predicted octanol–water partition coefficient (Wildman–Crippen LogP) is 2.84. The standard InChI is InChI=1S/C26H28N8O2/c27-14-18-12-19(15-30-24(18)31-22-7-11-36-16-22)23-6-10-29-26(34-23)33-21-3-1-2-17(13-21)25(35)32-20-4-8-28-9-5-20/h1-3,6,10,12-13,15,20,22,28H,4-5,7-9,11,16H2,(H,30,31)(H,32,35)(H,29,33,34)/t22-/m1/s1. The van der Waals surface area contributed by atoms with E-state index >= 15 is 0 Å². The molecule has 0 spiro atoms. The molecule has 0 unspecified atom stereocenters. The zero-order valence-electron chi connectivity index (χ0n) is 19.8. The Kier molecular flexibility index (Phi) is 7.30. The highest BCUT2D eigenvalue weighted by atomic mass is 16.5. The Bertz CT molecular complexity index is 1260. The first-order valence-electron chi connectivity index (χ1n) is 12.1. The van der Waals surface area contributed by atoms with Gasteiger partial charge in [0, 0.05) is 41.9 Å². The summed E-state index contributed by atoms with van der Waals surface area (Å²) in [4.78, 5) is 26.1. The number of amides is 1. The largest absolute Gasteiger partial charge is 0.379 e. The van der Waals surface area contributed by atoms with E-state index in [1.165, 1.54) is 0 Å². The van der Waals surface area contributed by atoms with E-state index in [0.29, 0.717) is 53.1 Å². The second-order valence-electron chi connectivity index (χ2n) is 8.91. The number of piperidine rings is 1. The van der Waals surface area contributed by atoms with Gasteiger partial charge in [-0.3, -0.25) is 4.79 Å². The van der Waals surface area contributed by atoms with Gasteiger partial charge in [-0.25, -0.2) is 15.0 Å². The number of ether oxygens (including phenoxy) is 1. The first-order chi connectivity index (χ1) is 17.7. The number of rotatable bonds is 7. The molecule has 4 N–H and O–H groups in total. The molecular weight excluding hydrogens is 456 g/mol. The topological polar surface area (TPSA) is 137 Å². The molecule has 2 fully saturated rings. The maximum Gasteiger partial charge on any atom is 0.251 e. The van der Waals surface area contributed by atoms with Crippen LogP contribution in [0.25, 0.3) is 11.3 Å². The number of nitriles is 1. The highest BCUT2D eigenvalue weighted by Gasteiger charge is 2.19. The van der Waals surface area contributed by atoms with Gasteiger partial charge in [0.25, 0.3) is 5.91 Å². The van der Waals surface area contributed by atoms with Crippen molar-refractivity contribution in [2.75, 3.05) is 36.9 Å². The van der Waals surface area contributed by atoms with Crippen molar-refractivity contribution in [1.82, 2.24) is 25.6 Å². The fraction of sp³-hybridized carbons (Fsp3) is 0.346. The molecule has 36 heavy (non-hydrogen) atoms. The normalized spacial score (nSPS) is 17.8. The van der Waals surface area contributed by atoms with E-state index in [2.05, 4.69) is 42.3 Å². The molecule has 1 atom stereocenters. The molecule has 2 aromatic heterocycles. The van der Waals surface area contributed by atoms with Crippen LogP contribution in [-0.2, 0) is 4.74 Å². The minimum absolute atomic E-state index is 0.0896. The molecule has 10 heteroatoms. The number of benzene rings is 1. The molecule has 2 saturated heterocycles. The summed E-state index contributed by atoms with van der Waals surface area (Å²) in [6, 6.07) is 13.4. The lowest BCUT2D eigenvalue weighted by molar-refractivity contribution is 0.0929. The Morgan fingerprint density at radius 2 is 2.00 bits per heavy atom. The van der Waals surface area contributed by atoms with E-state index in [9.17, 15) is 10.1 Å². The fourth-order valence-electron chi connectivity index (χ4n) is 4.33. The molecule has 0 aliphatic carbocycles. The smallest absolute Gasteiger partial charge is 0.251 e. The second kappa shape index (κ2) is 11.1. The van der Waals surface area contributed by atoms with Crippen molar-refractivity contribution in [1.29, 1.82) is 5.26 Å². The summed E-state index contributed by atoms with van der Waals surface area (Å²) < 4.78 is 5.39.